The molecule has 0 aromatic rings. The predicted molar refractivity (Wildman–Crippen MR) is 76.7 cm³/mol. The van der Waals surface area contributed by atoms with Gasteiger partial charge in [-0.05, 0) is 63.3 Å². The molecule has 0 bridgehead atoms. The predicted octanol–water partition coefficient (Wildman–Crippen LogP) is 3.03. The van der Waals surface area contributed by atoms with Crippen molar-refractivity contribution in [1.82, 2.24) is 10.2 Å². The highest BCUT2D eigenvalue weighted by Gasteiger charge is 2.34. The van der Waals surface area contributed by atoms with E-state index in [1.165, 1.54) is 64.5 Å². The topological polar surface area (TPSA) is 15.3 Å². The molecule has 2 atom stereocenters. The summed E-state index contributed by atoms with van der Waals surface area (Å²) in [5, 5.41) is 3.68. The molecule has 3 aliphatic rings. The van der Waals surface area contributed by atoms with E-state index in [9.17, 15) is 0 Å². The van der Waals surface area contributed by atoms with Crippen LogP contribution in [0.15, 0.2) is 0 Å². The van der Waals surface area contributed by atoms with Crippen LogP contribution < -0.4 is 5.32 Å². The van der Waals surface area contributed by atoms with Crippen LogP contribution in [0.4, 0.5) is 0 Å². The minimum Gasteiger partial charge on any atom is -0.314 e. The lowest BCUT2D eigenvalue weighted by molar-refractivity contribution is 0.128. The Bertz CT molecular complexity index is 242. The summed E-state index contributed by atoms with van der Waals surface area (Å²) in [6, 6.07) is 1.69. The Hall–Kier alpha value is -0.0800. The molecule has 0 radical (unpaired) electrons. The fourth-order valence-corrected chi connectivity index (χ4v) is 3.61. The van der Waals surface area contributed by atoms with E-state index in [0.29, 0.717) is 0 Å². The van der Waals surface area contributed by atoms with Crippen molar-refractivity contribution >= 4 is 0 Å². The van der Waals surface area contributed by atoms with Crippen molar-refractivity contribution in [1.29, 1.82) is 0 Å². The molecule has 0 aromatic heterocycles. The molecule has 0 saturated heterocycles. The molecule has 0 aromatic carbocycles. The van der Waals surface area contributed by atoms with Crippen LogP contribution in [0.3, 0.4) is 0 Å². The first-order valence-corrected chi connectivity index (χ1v) is 8.32. The number of nitrogens with zero attached hydrogens (tertiary/aromatic N) is 1. The summed E-state index contributed by atoms with van der Waals surface area (Å²) in [4.78, 5) is 2.89. The molecule has 0 aliphatic heterocycles. The van der Waals surface area contributed by atoms with E-state index in [1.54, 1.807) is 0 Å². The second-order valence-corrected chi connectivity index (χ2v) is 6.92. The lowest BCUT2D eigenvalue weighted by Gasteiger charge is -2.38. The van der Waals surface area contributed by atoms with Crippen molar-refractivity contribution in [2.75, 3.05) is 19.6 Å². The first kappa shape index (κ1) is 12.9. The monoisotopic (exact) mass is 250 g/mol. The van der Waals surface area contributed by atoms with Gasteiger partial charge < -0.3 is 5.32 Å². The molecule has 2 nitrogen and oxygen atoms in total. The largest absolute Gasteiger partial charge is 0.314 e. The van der Waals surface area contributed by atoms with Gasteiger partial charge >= 0.3 is 0 Å². The molecule has 2 heteroatoms. The van der Waals surface area contributed by atoms with Crippen LogP contribution in [0.2, 0.25) is 0 Å². The third-order valence-corrected chi connectivity index (χ3v) is 5.03. The summed E-state index contributed by atoms with van der Waals surface area (Å²) in [5.74, 6) is 2.12. The van der Waals surface area contributed by atoms with Crippen LogP contribution in [0, 0.1) is 11.8 Å². The third kappa shape index (κ3) is 3.71. The van der Waals surface area contributed by atoms with Gasteiger partial charge in [-0.3, -0.25) is 4.90 Å². The fraction of sp³-hybridized carbons (Fsp3) is 1.00. The zero-order valence-corrected chi connectivity index (χ0v) is 12.0. The Labute approximate surface area is 113 Å². The Balaban J connectivity index is 1.53. The second kappa shape index (κ2) is 5.92. The van der Waals surface area contributed by atoms with Gasteiger partial charge in [-0.1, -0.05) is 13.3 Å². The average Bonchev–Trinajstić information content (AvgIpc) is 3.24. The standard InChI is InChI=1S/C16H30N2/c1-2-17-15-4-3-5-16(10-15)18(11-13-6-7-13)12-14-8-9-14/h13-17H,2-12H2,1H3. The maximum absolute atomic E-state index is 3.68. The first-order chi connectivity index (χ1) is 8.85. The highest BCUT2D eigenvalue weighted by atomic mass is 15.2. The Morgan fingerprint density at radius 1 is 0.944 bits per heavy atom. The molecular weight excluding hydrogens is 220 g/mol. The van der Waals surface area contributed by atoms with Gasteiger partial charge in [0.05, 0.1) is 0 Å². The van der Waals surface area contributed by atoms with Gasteiger partial charge in [-0.25, -0.2) is 0 Å². The summed E-state index contributed by atoms with van der Waals surface area (Å²) in [6.45, 7) is 6.22. The quantitative estimate of drug-likeness (QED) is 0.747. The summed E-state index contributed by atoms with van der Waals surface area (Å²) >= 11 is 0. The van der Waals surface area contributed by atoms with E-state index < -0.39 is 0 Å². The van der Waals surface area contributed by atoms with E-state index in [4.69, 9.17) is 0 Å². The molecule has 0 heterocycles. The fourth-order valence-electron chi connectivity index (χ4n) is 3.61. The molecule has 0 amide bonds. The molecule has 3 saturated carbocycles. The molecule has 2 unspecified atom stereocenters. The maximum Gasteiger partial charge on any atom is 0.0110 e. The number of hydrogen-bond donors (Lipinski definition) is 1. The molecule has 3 rings (SSSR count). The van der Waals surface area contributed by atoms with Crippen LogP contribution in [-0.4, -0.2) is 36.6 Å². The van der Waals surface area contributed by atoms with Gasteiger partial charge in [0.15, 0.2) is 0 Å². The van der Waals surface area contributed by atoms with Gasteiger partial charge in [-0.15, -0.1) is 0 Å². The Kier molecular flexibility index (Phi) is 4.25. The number of hydrogen-bond acceptors (Lipinski definition) is 2. The average molecular weight is 250 g/mol. The second-order valence-electron chi connectivity index (χ2n) is 6.92. The van der Waals surface area contributed by atoms with E-state index >= 15 is 0 Å². The number of nitrogens with one attached hydrogen (secondary N) is 1. The Morgan fingerprint density at radius 2 is 1.61 bits per heavy atom. The van der Waals surface area contributed by atoms with Gasteiger partial charge in [-0.2, -0.15) is 0 Å². The minimum absolute atomic E-state index is 0.801. The van der Waals surface area contributed by atoms with Crippen molar-refractivity contribution < 1.29 is 0 Å². The van der Waals surface area contributed by atoms with Crippen LogP contribution in [0.25, 0.3) is 0 Å². The smallest absolute Gasteiger partial charge is 0.0110 e. The summed E-state index contributed by atoms with van der Waals surface area (Å²) in [5.41, 5.74) is 0. The molecule has 0 spiro atoms. The SMILES string of the molecule is CCNC1CCCC(N(CC2CC2)CC2CC2)C1. The van der Waals surface area contributed by atoms with Crippen molar-refractivity contribution in [3.8, 4) is 0 Å². The zero-order chi connectivity index (χ0) is 12.4. The molecule has 3 fully saturated rings. The van der Waals surface area contributed by atoms with Crippen molar-refractivity contribution in [3.05, 3.63) is 0 Å². The highest BCUT2D eigenvalue weighted by Crippen LogP contribution is 2.36. The van der Waals surface area contributed by atoms with Crippen LogP contribution in [0.1, 0.15) is 58.3 Å². The van der Waals surface area contributed by atoms with E-state index in [2.05, 4.69) is 17.1 Å². The lowest BCUT2D eigenvalue weighted by atomic mass is 9.89. The summed E-state index contributed by atoms with van der Waals surface area (Å²) < 4.78 is 0. The lowest BCUT2D eigenvalue weighted by Crippen LogP contribution is -2.45. The van der Waals surface area contributed by atoms with E-state index in [0.717, 1.165) is 30.5 Å². The van der Waals surface area contributed by atoms with Gasteiger partial charge in [0, 0.05) is 25.2 Å². The van der Waals surface area contributed by atoms with Crippen LogP contribution >= 0.6 is 0 Å². The number of rotatable bonds is 7. The normalized spacial score (nSPS) is 33.0. The summed E-state index contributed by atoms with van der Waals surface area (Å²) in [7, 11) is 0. The minimum atomic E-state index is 0.801. The maximum atomic E-state index is 3.68. The van der Waals surface area contributed by atoms with Crippen molar-refractivity contribution in [2.24, 2.45) is 11.8 Å². The molecule has 18 heavy (non-hydrogen) atoms. The Morgan fingerprint density at radius 3 is 2.17 bits per heavy atom. The molecule has 3 aliphatic carbocycles. The van der Waals surface area contributed by atoms with Crippen molar-refractivity contribution in [3.63, 3.8) is 0 Å². The molecule has 1 N–H and O–H groups in total. The first-order valence-electron chi connectivity index (χ1n) is 8.32. The van der Waals surface area contributed by atoms with E-state index in [-0.39, 0.29) is 0 Å². The van der Waals surface area contributed by atoms with Crippen molar-refractivity contribution in [2.45, 2.75) is 70.4 Å². The van der Waals surface area contributed by atoms with Crippen LogP contribution in [-0.2, 0) is 0 Å². The molecular formula is C16H30N2. The van der Waals surface area contributed by atoms with Gasteiger partial charge in [0.2, 0.25) is 0 Å². The summed E-state index contributed by atoms with van der Waals surface area (Å²) in [6.07, 6.45) is 11.7. The third-order valence-electron chi connectivity index (χ3n) is 5.03. The van der Waals surface area contributed by atoms with Gasteiger partial charge in [0.1, 0.15) is 0 Å². The van der Waals surface area contributed by atoms with Gasteiger partial charge in [0.25, 0.3) is 0 Å². The van der Waals surface area contributed by atoms with Crippen LogP contribution in [0.5, 0.6) is 0 Å². The molecule has 104 valence electrons. The zero-order valence-electron chi connectivity index (χ0n) is 12.0. The van der Waals surface area contributed by atoms with E-state index in [1.807, 2.05) is 0 Å². The highest BCUT2D eigenvalue weighted by molar-refractivity contribution is 4.89.